The Morgan fingerprint density at radius 1 is 0.500 bits per heavy atom. The van der Waals surface area contributed by atoms with E-state index in [0.29, 0.717) is 17.4 Å². The van der Waals surface area contributed by atoms with Crippen LogP contribution in [0.4, 0.5) is 0 Å². The summed E-state index contributed by atoms with van der Waals surface area (Å²) in [4.78, 5) is 35.5. The Morgan fingerprint density at radius 3 is 1.28 bits per heavy atom. The van der Waals surface area contributed by atoms with Gasteiger partial charge < -0.3 is 18.9 Å². The first-order valence-electron chi connectivity index (χ1n) is 25.1. The van der Waals surface area contributed by atoms with Gasteiger partial charge in [-0.3, -0.25) is 18.6 Å². The Morgan fingerprint density at radius 2 is 0.867 bits per heavy atom. The summed E-state index contributed by atoms with van der Waals surface area (Å²) >= 11 is 0. The lowest BCUT2D eigenvalue weighted by Crippen LogP contribution is -2.37. The highest BCUT2D eigenvalue weighted by Gasteiger charge is 2.27. The fourth-order valence-corrected chi connectivity index (χ4v) is 7.73. The molecule has 0 rings (SSSR count). The lowest BCUT2D eigenvalue weighted by atomic mass is 10.0. The summed E-state index contributed by atoms with van der Waals surface area (Å²) in [6.45, 7) is 4.42. The molecule has 0 aromatic rings. The van der Waals surface area contributed by atoms with E-state index in [2.05, 4.69) is 38.2 Å². The second kappa shape index (κ2) is 42.8. The Hall–Kier alpha value is -1.51. The first-order chi connectivity index (χ1) is 29.0. The summed E-state index contributed by atoms with van der Waals surface area (Å²) in [7, 11) is 1.48. The maximum Gasteiger partial charge on any atom is 0.472 e. The Labute approximate surface area is 370 Å². The highest BCUT2D eigenvalue weighted by atomic mass is 31.2. The first-order valence-corrected chi connectivity index (χ1v) is 26.6. The molecule has 0 bridgehead atoms. The van der Waals surface area contributed by atoms with E-state index in [-0.39, 0.29) is 32.0 Å². The van der Waals surface area contributed by atoms with E-state index < -0.39 is 26.5 Å². The van der Waals surface area contributed by atoms with E-state index in [1.54, 1.807) is 0 Å². The number of hydrogen-bond donors (Lipinski definition) is 1. The summed E-state index contributed by atoms with van der Waals surface area (Å²) in [6, 6.07) is 0. The number of allylic oxidation sites excluding steroid dienone is 4. The fraction of sp³-hybridized carbons (Fsp3) is 0.880. The van der Waals surface area contributed by atoms with Crippen molar-refractivity contribution < 1.29 is 42.1 Å². The van der Waals surface area contributed by atoms with Crippen molar-refractivity contribution in [3.8, 4) is 0 Å². The van der Waals surface area contributed by atoms with Gasteiger partial charge in [-0.25, -0.2) is 4.57 Å². The summed E-state index contributed by atoms with van der Waals surface area (Å²) < 4.78 is 34.4. The van der Waals surface area contributed by atoms with Crippen molar-refractivity contribution in [1.82, 2.24) is 0 Å². The number of phosphoric ester groups is 1. The maximum absolute atomic E-state index is 12.7. The number of carbonyl (C=O) groups is 2. The Bertz CT molecular complexity index is 1070. The molecule has 9 nitrogen and oxygen atoms in total. The van der Waals surface area contributed by atoms with Gasteiger partial charge in [-0.2, -0.15) is 0 Å². The number of rotatable bonds is 46. The van der Waals surface area contributed by atoms with Crippen molar-refractivity contribution in [1.29, 1.82) is 0 Å². The topological polar surface area (TPSA) is 108 Å². The van der Waals surface area contributed by atoms with Gasteiger partial charge in [0.25, 0.3) is 0 Å². The first kappa shape index (κ1) is 58.5. The van der Waals surface area contributed by atoms with Gasteiger partial charge in [-0.15, -0.1) is 0 Å². The number of likely N-dealkylation sites (N-methyl/N-ethyl adjacent to an activating group) is 1. The van der Waals surface area contributed by atoms with Crippen LogP contribution in [0.15, 0.2) is 24.3 Å². The average molecular weight is 871 g/mol. The summed E-state index contributed by atoms with van der Waals surface area (Å²) in [5.41, 5.74) is 0. The van der Waals surface area contributed by atoms with Crippen LogP contribution in [0, 0.1) is 0 Å². The molecule has 0 saturated carbocycles. The highest BCUT2D eigenvalue weighted by molar-refractivity contribution is 7.47. The molecule has 0 saturated heterocycles. The molecule has 0 aromatic heterocycles. The van der Waals surface area contributed by atoms with Crippen molar-refractivity contribution in [3.05, 3.63) is 24.3 Å². The number of ether oxygens (including phenoxy) is 2. The molecular formula is C50H97NO8P+. The van der Waals surface area contributed by atoms with Crippen molar-refractivity contribution >= 4 is 19.8 Å². The van der Waals surface area contributed by atoms with Gasteiger partial charge in [0.2, 0.25) is 0 Å². The standard InChI is InChI=1S/C50H96NO8P/c1-6-8-10-12-14-16-18-20-22-23-24-25-26-27-29-31-33-35-37-39-41-43-50(53)59-48(47-58-60(54,55)57-45-44-51(3,4)5)46-56-49(52)42-40-38-36-34-32-30-28-21-19-17-15-13-11-9-7-2/h13,15,20,22,48H,6-12,14,16-19,21,23-47H2,1-5H3/p+1/b15-13+,22-20+/t48-/m1/s1. The number of nitrogens with zero attached hydrogens (tertiary/aromatic N) is 1. The minimum atomic E-state index is -4.38. The number of unbranched alkanes of at least 4 members (excludes halogenated alkanes) is 28. The largest absolute Gasteiger partial charge is 0.472 e. The van der Waals surface area contributed by atoms with Gasteiger partial charge in [0.05, 0.1) is 27.7 Å². The van der Waals surface area contributed by atoms with Crippen LogP contribution in [-0.2, 0) is 32.7 Å². The molecule has 0 aliphatic heterocycles. The lowest BCUT2D eigenvalue weighted by Gasteiger charge is -2.24. The van der Waals surface area contributed by atoms with Crippen LogP contribution >= 0.6 is 7.82 Å². The van der Waals surface area contributed by atoms with Crippen LogP contribution in [0.25, 0.3) is 0 Å². The van der Waals surface area contributed by atoms with E-state index in [1.165, 1.54) is 167 Å². The molecule has 0 spiro atoms. The predicted octanol–water partition coefficient (Wildman–Crippen LogP) is 14.7. The Kier molecular flexibility index (Phi) is 41.7. The quantitative estimate of drug-likeness (QED) is 0.0212. The van der Waals surface area contributed by atoms with Crippen LogP contribution < -0.4 is 0 Å². The molecule has 0 aliphatic carbocycles. The van der Waals surface area contributed by atoms with E-state index >= 15 is 0 Å². The predicted molar refractivity (Wildman–Crippen MR) is 252 cm³/mol. The van der Waals surface area contributed by atoms with E-state index in [9.17, 15) is 19.0 Å². The van der Waals surface area contributed by atoms with Crippen molar-refractivity contribution in [2.75, 3.05) is 47.5 Å². The third kappa shape index (κ3) is 46.0. The lowest BCUT2D eigenvalue weighted by molar-refractivity contribution is -0.870. The number of esters is 2. The third-order valence-electron chi connectivity index (χ3n) is 11.0. The Balaban J connectivity index is 4.23. The normalized spacial score (nSPS) is 13.6. The second-order valence-corrected chi connectivity index (χ2v) is 19.6. The van der Waals surface area contributed by atoms with Crippen molar-refractivity contribution in [3.63, 3.8) is 0 Å². The highest BCUT2D eigenvalue weighted by Crippen LogP contribution is 2.43. The fourth-order valence-electron chi connectivity index (χ4n) is 6.99. The molecule has 0 aliphatic rings. The van der Waals surface area contributed by atoms with Gasteiger partial charge in [-0.1, -0.05) is 186 Å². The molecule has 0 amide bonds. The molecule has 0 heterocycles. The van der Waals surface area contributed by atoms with Gasteiger partial charge in [0, 0.05) is 12.8 Å². The third-order valence-corrected chi connectivity index (χ3v) is 11.9. The van der Waals surface area contributed by atoms with Crippen LogP contribution in [0.5, 0.6) is 0 Å². The smallest absolute Gasteiger partial charge is 0.462 e. The molecule has 1 N–H and O–H groups in total. The number of quaternary nitrogens is 1. The molecule has 0 aromatic carbocycles. The van der Waals surface area contributed by atoms with Gasteiger partial charge in [0.1, 0.15) is 19.8 Å². The number of phosphoric acid groups is 1. The minimum absolute atomic E-state index is 0.0330. The molecule has 1 unspecified atom stereocenters. The molecule has 60 heavy (non-hydrogen) atoms. The average Bonchev–Trinajstić information content (AvgIpc) is 3.20. The molecule has 354 valence electrons. The molecule has 0 radical (unpaired) electrons. The molecule has 2 atom stereocenters. The van der Waals surface area contributed by atoms with Crippen molar-refractivity contribution in [2.24, 2.45) is 0 Å². The minimum Gasteiger partial charge on any atom is -0.462 e. The molecular weight excluding hydrogens is 774 g/mol. The van der Waals surface area contributed by atoms with Crippen molar-refractivity contribution in [2.45, 2.75) is 238 Å². The van der Waals surface area contributed by atoms with E-state index in [1.807, 2.05) is 21.1 Å². The van der Waals surface area contributed by atoms with Crippen LogP contribution in [-0.4, -0.2) is 74.9 Å². The number of carbonyl (C=O) groups excluding carboxylic acids is 2. The monoisotopic (exact) mass is 871 g/mol. The zero-order valence-electron chi connectivity index (χ0n) is 40.0. The van der Waals surface area contributed by atoms with E-state index in [4.69, 9.17) is 18.5 Å². The second-order valence-electron chi connectivity index (χ2n) is 18.2. The summed E-state index contributed by atoms with van der Waals surface area (Å²) in [5, 5.41) is 0. The van der Waals surface area contributed by atoms with Gasteiger partial charge >= 0.3 is 19.8 Å². The summed E-state index contributed by atoms with van der Waals surface area (Å²) in [5.74, 6) is -0.793. The van der Waals surface area contributed by atoms with Gasteiger partial charge in [-0.05, 0) is 57.8 Å². The maximum atomic E-state index is 12.7. The van der Waals surface area contributed by atoms with Gasteiger partial charge in [0.15, 0.2) is 6.10 Å². The van der Waals surface area contributed by atoms with E-state index in [0.717, 1.165) is 32.1 Å². The van der Waals surface area contributed by atoms with Crippen LogP contribution in [0.3, 0.4) is 0 Å². The SMILES string of the molecule is CCCC/C=C/CCCCCCCCCCCC(=O)OC[C@H](COP(=O)(O)OCC[N+](C)(C)C)OC(=O)CCCCCCCCCCCCC/C=C/CCCCCCCC. The number of hydrogen-bond acceptors (Lipinski definition) is 7. The summed E-state index contributed by atoms with van der Waals surface area (Å²) in [6.07, 6.45) is 47.9. The van der Waals surface area contributed by atoms with Crippen LogP contribution in [0.1, 0.15) is 232 Å². The van der Waals surface area contributed by atoms with Crippen LogP contribution in [0.2, 0.25) is 0 Å². The molecule has 10 heteroatoms. The molecule has 0 fully saturated rings. The zero-order chi connectivity index (χ0) is 44.3. The zero-order valence-corrected chi connectivity index (χ0v) is 40.9.